The van der Waals surface area contributed by atoms with Crippen LogP contribution in [0, 0.1) is 0 Å². The summed E-state index contributed by atoms with van der Waals surface area (Å²) in [6.07, 6.45) is 1.54. The number of benzene rings is 1. The van der Waals surface area contributed by atoms with Crippen molar-refractivity contribution in [1.29, 1.82) is 0 Å². The molecule has 3 rings (SSSR count). The maximum atomic E-state index is 10.3. The Balaban J connectivity index is 1.48. The Morgan fingerprint density at radius 1 is 1.32 bits per heavy atom. The molecule has 136 valence electrons. The molecule has 1 aliphatic rings. The number of hydrogen-bond donors (Lipinski definition) is 1. The van der Waals surface area contributed by atoms with E-state index in [1.165, 1.54) is 0 Å². The summed E-state index contributed by atoms with van der Waals surface area (Å²) in [6, 6.07) is 10.1. The van der Waals surface area contributed by atoms with Gasteiger partial charge in [-0.25, -0.2) is 0 Å². The third-order valence-corrected chi connectivity index (χ3v) is 4.48. The summed E-state index contributed by atoms with van der Waals surface area (Å²) in [5.41, 5.74) is 1.11. The number of aliphatic hydroxyl groups excluding tert-OH is 1. The van der Waals surface area contributed by atoms with Gasteiger partial charge in [-0.05, 0) is 24.9 Å². The molecule has 0 bridgehead atoms. The van der Waals surface area contributed by atoms with Gasteiger partial charge in [0.15, 0.2) is 5.82 Å². The van der Waals surface area contributed by atoms with Crippen LogP contribution >= 0.6 is 0 Å². The predicted molar refractivity (Wildman–Crippen MR) is 94.0 cm³/mol. The highest BCUT2D eigenvalue weighted by molar-refractivity contribution is 5.13. The number of aromatic nitrogens is 2. The van der Waals surface area contributed by atoms with Crippen molar-refractivity contribution in [2.45, 2.75) is 51.4 Å². The van der Waals surface area contributed by atoms with E-state index in [0.29, 0.717) is 25.6 Å². The zero-order valence-electron chi connectivity index (χ0n) is 15.0. The summed E-state index contributed by atoms with van der Waals surface area (Å²) in [5, 5.41) is 14.5. The van der Waals surface area contributed by atoms with Crippen molar-refractivity contribution >= 4 is 0 Å². The highest BCUT2D eigenvalue weighted by Crippen LogP contribution is 2.30. The van der Waals surface area contributed by atoms with E-state index in [-0.39, 0.29) is 12.0 Å². The van der Waals surface area contributed by atoms with E-state index in [4.69, 9.17) is 9.26 Å². The Labute approximate surface area is 148 Å². The summed E-state index contributed by atoms with van der Waals surface area (Å²) in [4.78, 5) is 6.75. The molecule has 1 N–H and O–H groups in total. The van der Waals surface area contributed by atoms with Crippen molar-refractivity contribution in [2.75, 3.05) is 19.7 Å². The average molecular weight is 345 g/mol. The second-order valence-corrected chi connectivity index (χ2v) is 6.95. The summed E-state index contributed by atoms with van der Waals surface area (Å²) in [6.45, 7) is 6.41. The Hall–Kier alpha value is -1.76. The summed E-state index contributed by atoms with van der Waals surface area (Å²) >= 11 is 0. The van der Waals surface area contributed by atoms with Crippen molar-refractivity contribution < 1.29 is 14.4 Å². The van der Waals surface area contributed by atoms with Crippen LogP contribution in [-0.2, 0) is 11.3 Å². The molecule has 2 heterocycles. The molecule has 0 aliphatic carbocycles. The van der Waals surface area contributed by atoms with Gasteiger partial charge in [-0.2, -0.15) is 4.98 Å². The van der Waals surface area contributed by atoms with Gasteiger partial charge in [0.2, 0.25) is 5.89 Å². The van der Waals surface area contributed by atoms with Gasteiger partial charge in [0, 0.05) is 12.5 Å². The van der Waals surface area contributed by atoms with Gasteiger partial charge >= 0.3 is 0 Å². The fourth-order valence-corrected chi connectivity index (χ4v) is 3.16. The molecule has 0 radical (unpaired) electrons. The number of β-amino-alcohol motifs (C(OH)–C–C–N with tert-alkyl or cyclic N) is 1. The Morgan fingerprint density at radius 3 is 2.84 bits per heavy atom. The third-order valence-electron chi connectivity index (χ3n) is 4.48. The third kappa shape index (κ3) is 4.87. The first-order chi connectivity index (χ1) is 12.1. The number of likely N-dealkylation sites (tertiary alicyclic amines) is 1. The van der Waals surface area contributed by atoms with Crippen LogP contribution in [0.2, 0.25) is 0 Å². The number of rotatable bonds is 8. The highest BCUT2D eigenvalue weighted by atomic mass is 16.5. The molecule has 2 aromatic rings. The lowest BCUT2D eigenvalue weighted by Crippen LogP contribution is -2.35. The molecular formula is C19H27N3O3. The van der Waals surface area contributed by atoms with Gasteiger partial charge in [0.25, 0.3) is 0 Å². The molecule has 2 atom stereocenters. The minimum atomic E-state index is -0.527. The zero-order chi connectivity index (χ0) is 17.6. The van der Waals surface area contributed by atoms with Crippen molar-refractivity contribution in [3.8, 4) is 0 Å². The van der Waals surface area contributed by atoms with Crippen LogP contribution in [0.4, 0.5) is 0 Å². The van der Waals surface area contributed by atoms with E-state index < -0.39 is 6.10 Å². The van der Waals surface area contributed by atoms with Crippen LogP contribution in [0.3, 0.4) is 0 Å². The largest absolute Gasteiger partial charge is 0.389 e. The van der Waals surface area contributed by atoms with Crippen molar-refractivity contribution in [3.63, 3.8) is 0 Å². The van der Waals surface area contributed by atoms with E-state index in [1.54, 1.807) is 0 Å². The lowest BCUT2D eigenvalue weighted by molar-refractivity contribution is 0.00710. The van der Waals surface area contributed by atoms with E-state index in [1.807, 2.05) is 44.2 Å². The second kappa shape index (κ2) is 8.56. The number of ether oxygens (including phenoxy) is 1. The lowest BCUT2D eigenvalue weighted by atomic mass is 10.2. The van der Waals surface area contributed by atoms with Gasteiger partial charge in [0.1, 0.15) is 0 Å². The molecule has 0 saturated carbocycles. The number of nitrogens with zero attached hydrogens (tertiary/aromatic N) is 3. The first-order valence-electron chi connectivity index (χ1n) is 9.00. The standard InChI is InChI=1S/C19H27N3O3/c1-14(2)19-20-18(21-25-19)17-9-6-10-22(17)11-16(23)13-24-12-15-7-4-3-5-8-15/h3-5,7-8,14,16-17,23H,6,9-13H2,1-2H3/t16-,17+/m1/s1. The molecule has 25 heavy (non-hydrogen) atoms. The van der Waals surface area contributed by atoms with Crippen molar-refractivity contribution in [2.24, 2.45) is 0 Å². The van der Waals surface area contributed by atoms with Gasteiger partial charge < -0.3 is 14.4 Å². The van der Waals surface area contributed by atoms with Crippen LogP contribution in [0.15, 0.2) is 34.9 Å². The van der Waals surface area contributed by atoms with E-state index in [9.17, 15) is 5.11 Å². The fourth-order valence-electron chi connectivity index (χ4n) is 3.16. The minimum Gasteiger partial charge on any atom is -0.389 e. The Morgan fingerprint density at radius 2 is 2.12 bits per heavy atom. The van der Waals surface area contributed by atoms with E-state index in [2.05, 4.69) is 15.0 Å². The molecule has 6 heteroatoms. The van der Waals surface area contributed by atoms with E-state index in [0.717, 1.165) is 30.8 Å². The van der Waals surface area contributed by atoms with Gasteiger partial charge in [-0.3, -0.25) is 4.90 Å². The van der Waals surface area contributed by atoms with Gasteiger partial charge in [-0.1, -0.05) is 49.3 Å². The quantitative estimate of drug-likeness (QED) is 0.793. The van der Waals surface area contributed by atoms with Crippen LogP contribution in [0.5, 0.6) is 0 Å². The smallest absolute Gasteiger partial charge is 0.229 e. The van der Waals surface area contributed by atoms with Crippen LogP contribution < -0.4 is 0 Å². The minimum absolute atomic E-state index is 0.125. The molecule has 6 nitrogen and oxygen atoms in total. The Bertz CT molecular complexity index is 644. The number of aliphatic hydroxyl groups is 1. The average Bonchev–Trinajstić information content (AvgIpc) is 3.24. The molecule has 1 saturated heterocycles. The molecule has 1 fully saturated rings. The SMILES string of the molecule is CC(C)c1nc([C@@H]2CCCN2C[C@@H](O)COCc2ccccc2)no1. The van der Waals surface area contributed by atoms with Crippen molar-refractivity contribution in [1.82, 2.24) is 15.0 Å². The van der Waals surface area contributed by atoms with Gasteiger partial charge in [0.05, 0.1) is 25.4 Å². The summed E-state index contributed by atoms with van der Waals surface area (Å²) in [5.74, 6) is 1.64. The molecule has 0 amide bonds. The molecule has 1 aliphatic heterocycles. The van der Waals surface area contributed by atoms with Crippen LogP contribution in [0.25, 0.3) is 0 Å². The normalized spacial score (nSPS) is 19.6. The maximum Gasteiger partial charge on any atom is 0.229 e. The lowest BCUT2D eigenvalue weighted by Gasteiger charge is -2.24. The molecule has 0 unspecified atom stereocenters. The maximum absolute atomic E-state index is 10.3. The molecule has 1 aromatic carbocycles. The highest BCUT2D eigenvalue weighted by Gasteiger charge is 2.31. The fraction of sp³-hybridized carbons (Fsp3) is 0.579. The summed E-state index contributed by atoms with van der Waals surface area (Å²) in [7, 11) is 0. The van der Waals surface area contributed by atoms with Crippen LogP contribution in [-0.4, -0.2) is 45.9 Å². The first-order valence-corrected chi connectivity index (χ1v) is 9.00. The topological polar surface area (TPSA) is 71.6 Å². The summed E-state index contributed by atoms with van der Waals surface area (Å²) < 4.78 is 11.0. The Kier molecular flexibility index (Phi) is 6.18. The van der Waals surface area contributed by atoms with Crippen molar-refractivity contribution in [3.05, 3.63) is 47.6 Å². The monoisotopic (exact) mass is 345 g/mol. The van der Waals surface area contributed by atoms with Crippen LogP contribution in [0.1, 0.15) is 55.9 Å². The van der Waals surface area contributed by atoms with E-state index >= 15 is 0 Å². The molecule has 1 aromatic heterocycles. The second-order valence-electron chi connectivity index (χ2n) is 6.95. The zero-order valence-corrected chi connectivity index (χ0v) is 15.0. The molecule has 0 spiro atoms. The molecular weight excluding hydrogens is 318 g/mol. The predicted octanol–water partition coefficient (Wildman–Crippen LogP) is 2.91. The number of hydrogen-bond acceptors (Lipinski definition) is 6. The first kappa shape index (κ1) is 18.0. The van der Waals surface area contributed by atoms with Gasteiger partial charge in [-0.15, -0.1) is 0 Å².